The molecule has 1 unspecified atom stereocenters. The lowest BCUT2D eigenvalue weighted by Gasteiger charge is -2.18. The molecule has 1 atom stereocenters. The van der Waals surface area contributed by atoms with Crippen molar-refractivity contribution in [3.63, 3.8) is 0 Å². The van der Waals surface area contributed by atoms with Crippen LogP contribution in [0.25, 0.3) is 10.8 Å². The van der Waals surface area contributed by atoms with Crippen molar-refractivity contribution in [1.82, 2.24) is 4.98 Å². The van der Waals surface area contributed by atoms with Gasteiger partial charge >= 0.3 is 0 Å². The number of para-hydroxylation sites is 1. The Balaban J connectivity index is 2.11. The Hall–Kier alpha value is -2.39. The second-order valence-electron chi connectivity index (χ2n) is 4.89. The van der Waals surface area contributed by atoms with E-state index in [-0.39, 0.29) is 6.04 Å². The van der Waals surface area contributed by atoms with Crippen molar-refractivity contribution >= 4 is 10.8 Å². The Labute approximate surface area is 124 Å². The van der Waals surface area contributed by atoms with Crippen LogP contribution in [0.5, 0.6) is 5.75 Å². The van der Waals surface area contributed by atoms with Crippen LogP contribution >= 0.6 is 0 Å². The molecule has 0 aliphatic heterocycles. The van der Waals surface area contributed by atoms with Crippen LogP contribution in [0.1, 0.15) is 24.1 Å². The molecule has 3 aromatic rings. The third-order valence-corrected chi connectivity index (χ3v) is 3.61. The van der Waals surface area contributed by atoms with E-state index in [1.54, 1.807) is 6.20 Å². The highest BCUT2D eigenvalue weighted by Crippen LogP contribution is 2.31. The summed E-state index contributed by atoms with van der Waals surface area (Å²) in [4.78, 5) is 4.22. The highest BCUT2D eigenvalue weighted by Gasteiger charge is 2.16. The zero-order chi connectivity index (χ0) is 14.7. The summed E-state index contributed by atoms with van der Waals surface area (Å²) in [5.74, 6) is 0.841. The molecule has 0 aliphatic carbocycles. The van der Waals surface area contributed by atoms with E-state index in [1.165, 1.54) is 0 Å². The van der Waals surface area contributed by atoms with Gasteiger partial charge in [-0.3, -0.25) is 4.98 Å². The summed E-state index contributed by atoms with van der Waals surface area (Å²) in [5.41, 5.74) is 8.56. The summed E-state index contributed by atoms with van der Waals surface area (Å²) in [6.45, 7) is 2.60. The Morgan fingerprint density at radius 3 is 2.71 bits per heavy atom. The highest BCUT2D eigenvalue weighted by molar-refractivity contribution is 5.85. The molecule has 0 bridgehead atoms. The molecule has 1 heterocycles. The van der Waals surface area contributed by atoms with E-state index in [2.05, 4.69) is 17.1 Å². The van der Waals surface area contributed by atoms with Crippen LogP contribution in [0.15, 0.2) is 60.9 Å². The first-order valence-corrected chi connectivity index (χ1v) is 7.11. The van der Waals surface area contributed by atoms with E-state index in [0.717, 1.165) is 27.6 Å². The molecular formula is C18H18N2O. The molecule has 0 amide bonds. The molecule has 21 heavy (non-hydrogen) atoms. The fourth-order valence-corrected chi connectivity index (χ4v) is 2.60. The monoisotopic (exact) mass is 278 g/mol. The van der Waals surface area contributed by atoms with Gasteiger partial charge < -0.3 is 10.5 Å². The molecule has 106 valence electrons. The minimum Gasteiger partial charge on any atom is -0.494 e. The molecule has 0 saturated heterocycles. The van der Waals surface area contributed by atoms with Gasteiger partial charge in [-0.1, -0.05) is 36.4 Å². The predicted octanol–water partition coefficient (Wildman–Crippen LogP) is 3.68. The molecule has 0 radical (unpaired) electrons. The van der Waals surface area contributed by atoms with Crippen molar-refractivity contribution < 1.29 is 4.74 Å². The average Bonchev–Trinajstić information content (AvgIpc) is 2.54. The lowest BCUT2D eigenvalue weighted by Crippen LogP contribution is -2.14. The maximum absolute atomic E-state index is 6.51. The third kappa shape index (κ3) is 2.60. The van der Waals surface area contributed by atoms with Crippen LogP contribution < -0.4 is 10.5 Å². The van der Waals surface area contributed by atoms with Crippen LogP contribution in [-0.4, -0.2) is 11.6 Å². The molecule has 1 aromatic heterocycles. The maximum atomic E-state index is 6.51. The van der Waals surface area contributed by atoms with E-state index in [0.29, 0.717) is 6.61 Å². The number of benzene rings is 2. The fourth-order valence-electron chi connectivity index (χ4n) is 2.60. The summed E-state index contributed by atoms with van der Waals surface area (Å²) in [5, 5.41) is 2.23. The van der Waals surface area contributed by atoms with Crippen molar-refractivity contribution in [2.45, 2.75) is 13.0 Å². The summed E-state index contributed by atoms with van der Waals surface area (Å²) < 4.78 is 5.70. The van der Waals surface area contributed by atoms with E-state index in [1.807, 2.05) is 49.5 Å². The minimum absolute atomic E-state index is 0.236. The Morgan fingerprint density at radius 2 is 1.86 bits per heavy atom. The van der Waals surface area contributed by atoms with Crippen molar-refractivity contribution in [3.05, 3.63) is 72.1 Å². The number of nitrogens with zero attached hydrogens (tertiary/aromatic N) is 1. The molecule has 2 N–H and O–H groups in total. The molecule has 3 heteroatoms. The molecule has 2 aromatic carbocycles. The van der Waals surface area contributed by atoms with Crippen LogP contribution in [0.3, 0.4) is 0 Å². The second-order valence-corrected chi connectivity index (χ2v) is 4.89. The Kier molecular flexibility index (Phi) is 3.84. The first kappa shape index (κ1) is 13.6. The average molecular weight is 278 g/mol. The smallest absolute Gasteiger partial charge is 0.124 e. The normalized spacial score (nSPS) is 12.3. The van der Waals surface area contributed by atoms with E-state index < -0.39 is 0 Å². The van der Waals surface area contributed by atoms with Gasteiger partial charge in [0.2, 0.25) is 0 Å². The third-order valence-electron chi connectivity index (χ3n) is 3.61. The van der Waals surface area contributed by atoms with Gasteiger partial charge in [0.05, 0.1) is 12.6 Å². The molecule has 0 spiro atoms. The van der Waals surface area contributed by atoms with Gasteiger partial charge in [0, 0.05) is 23.3 Å². The van der Waals surface area contributed by atoms with E-state index in [9.17, 15) is 0 Å². The fraction of sp³-hybridized carbons (Fsp3) is 0.167. The zero-order valence-corrected chi connectivity index (χ0v) is 12.0. The molecule has 3 rings (SSSR count). The number of nitrogens with two attached hydrogens (primary N) is 1. The topological polar surface area (TPSA) is 48.1 Å². The largest absolute Gasteiger partial charge is 0.494 e. The number of ether oxygens (including phenoxy) is 1. The number of aromatic nitrogens is 1. The van der Waals surface area contributed by atoms with Crippen LogP contribution in [0.4, 0.5) is 0 Å². The van der Waals surface area contributed by atoms with Crippen LogP contribution in [0, 0.1) is 0 Å². The Bertz CT molecular complexity index is 750. The highest BCUT2D eigenvalue weighted by atomic mass is 16.5. The van der Waals surface area contributed by atoms with E-state index in [4.69, 9.17) is 10.5 Å². The summed E-state index contributed by atoms with van der Waals surface area (Å²) in [6.07, 6.45) is 3.67. The SMILES string of the molecule is CCOc1ccccc1C(N)c1cccc2ccncc12. The number of hydrogen-bond donors (Lipinski definition) is 1. The van der Waals surface area contributed by atoms with Gasteiger partial charge in [-0.15, -0.1) is 0 Å². The number of rotatable bonds is 4. The van der Waals surface area contributed by atoms with Crippen molar-refractivity contribution in [3.8, 4) is 5.75 Å². The van der Waals surface area contributed by atoms with Gasteiger partial charge in [-0.2, -0.15) is 0 Å². The first-order valence-electron chi connectivity index (χ1n) is 7.11. The molecule has 0 saturated carbocycles. The number of pyridine rings is 1. The molecular weight excluding hydrogens is 260 g/mol. The van der Waals surface area contributed by atoms with E-state index >= 15 is 0 Å². The molecule has 3 nitrogen and oxygen atoms in total. The number of hydrogen-bond acceptors (Lipinski definition) is 3. The summed E-state index contributed by atoms with van der Waals surface area (Å²) in [6, 6.07) is 15.8. The first-order chi connectivity index (χ1) is 10.3. The van der Waals surface area contributed by atoms with Gasteiger partial charge in [0.1, 0.15) is 5.75 Å². The van der Waals surface area contributed by atoms with Gasteiger partial charge in [-0.05, 0) is 30.0 Å². The Morgan fingerprint density at radius 1 is 1.05 bits per heavy atom. The van der Waals surface area contributed by atoms with Crippen molar-refractivity contribution in [1.29, 1.82) is 0 Å². The number of fused-ring (bicyclic) bond motifs is 1. The van der Waals surface area contributed by atoms with Gasteiger partial charge in [0.25, 0.3) is 0 Å². The van der Waals surface area contributed by atoms with Crippen LogP contribution in [-0.2, 0) is 0 Å². The lowest BCUT2D eigenvalue weighted by molar-refractivity contribution is 0.335. The predicted molar refractivity (Wildman–Crippen MR) is 85.4 cm³/mol. The second kappa shape index (κ2) is 5.94. The lowest BCUT2D eigenvalue weighted by atomic mass is 9.95. The van der Waals surface area contributed by atoms with Crippen molar-refractivity contribution in [2.75, 3.05) is 6.61 Å². The van der Waals surface area contributed by atoms with Gasteiger partial charge in [0.15, 0.2) is 0 Å². The zero-order valence-electron chi connectivity index (χ0n) is 12.0. The molecule has 0 aliphatic rings. The summed E-state index contributed by atoms with van der Waals surface area (Å²) >= 11 is 0. The summed E-state index contributed by atoms with van der Waals surface area (Å²) in [7, 11) is 0. The quantitative estimate of drug-likeness (QED) is 0.792. The van der Waals surface area contributed by atoms with Crippen LogP contribution in [0.2, 0.25) is 0 Å². The minimum atomic E-state index is -0.236. The molecule has 0 fully saturated rings. The standard InChI is InChI=1S/C18H18N2O/c1-2-21-17-9-4-3-7-15(17)18(19)14-8-5-6-13-10-11-20-12-16(13)14/h3-12,18H,2,19H2,1H3. The van der Waals surface area contributed by atoms with Crippen molar-refractivity contribution in [2.24, 2.45) is 5.73 Å². The van der Waals surface area contributed by atoms with Gasteiger partial charge in [-0.25, -0.2) is 0 Å². The maximum Gasteiger partial charge on any atom is 0.124 e.